The molecule has 0 radical (unpaired) electrons. The van der Waals surface area contributed by atoms with E-state index in [-0.39, 0.29) is 16.6 Å². The Bertz CT molecular complexity index is 531. The second kappa shape index (κ2) is 4.94. The molecule has 20 heavy (non-hydrogen) atoms. The van der Waals surface area contributed by atoms with Crippen molar-refractivity contribution in [3.63, 3.8) is 0 Å². The highest BCUT2D eigenvalue weighted by molar-refractivity contribution is 8.06. The smallest absolute Gasteiger partial charge is 0.307 e. The van der Waals surface area contributed by atoms with Crippen molar-refractivity contribution in [2.75, 3.05) is 11.5 Å². The number of rotatable bonds is 3. The fourth-order valence-corrected chi connectivity index (χ4v) is 5.64. The minimum Gasteiger partial charge on any atom is -0.481 e. The number of hydrogen-bond donors (Lipinski definition) is 1. The standard InChI is InChI=1S/C13H18N2O3S2/c1-6-9(20-5-4-19-6)10-14-11(18-15-10)7-8(12(16)17)13(7,2)3/h6-9H,4-5H2,1-3H3,(H,16,17). The molecule has 4 atom stereocenters. The van der Waals surface area contributed by atoms with Crippen molar-refractivity contribution in [1.82, 2.24) is 10.1 Å². The summed E-state index contributed by atoms with van der Waals surface area (Å²) in [7, 11) is 0. The molecule has 0 aromatic carbocycles. The van der Waals surface area contributed by atoms with Crippen molar-refractivity contribution < 1.29 is 14.4 Å². The van der Waals surface area contributed by atoms with Crippen molar-refractivity contribution in [1.29, 1.82) is 0 Å². The molecule has 1 aromatic heterocycles. The first-order valence-electron chi connectivity index (χ1n) is 6.72. The van der Waals surface area contributed by atoms with E-state index in [1.54, 1.807) is 0 Å². The summed E-state index contributed by atoms with van der Waals surface area (Å²) in [5.41, 5.74) is -0.296. The average Bonchev–Trinajstić information content (AvgIpc) is 2.74. The monoisotopic (exact) mass is 314 g/mol. The van der Waals surface area contributed by atoms with E-state index in [0.717, 1.165) is 17.3 Å². The van der Waals surface area contributed by atoms with Gasteiger partial charge in [0.2, 0.25) is 5.89 Å². The maximum Gasteiger partial charge on any atom is 0.307 e. The van der Waals surface area contributed by atoms with Gasteiger partial charge in [-0.05, 0) is 5.41 Å². The van der Waals surface area contributed by atoms with E-state index in [1.165, 1.54) is 0 Å². The molecule has 1 aliphatic carbocycles. The Balaban J connectivity index is 1.79. The van der Waals surface area contributed by atoms with Gasteiger partial charge in [0.05, 0.1) is 17.1 Å². The SMILES string of the molecule is CC1SCCSC1c1noc(C2C(C(=O)O)C2(C)C)n1. The van der Waals surface area contributed by atoms with Crippen molar-refractivity contribution in [2.24, 2.45) is 11.3 Å². The number of thioether (sulfide) groups is 2. The molecule has 110 valence electrons. The second-order valence-electron chi connectivity index (χ2n) is 5.97. The van der Waals surface area contributed by atoms with Gasteiger partial charge in [-0.2, -0.15) is 16.7 Å². The summed E-state index contributed by atoms with van der Waals surface area (Å²) in [6.07, 6.45) is 0. The van der Waals surface area contributed by atoms with E-state index in [1.807, 2.05) is 37.4 Å². The largest absolute Gasteiger partial charge is 0.481 e. The number of aromatic nitrogens is 2. The molecular formula is C13H18N2O3S2. The van der Waals surface area contributed by atoms with Gasteiger partial charge in [-0.15, -0.1) is 11.8 Å². The zero-order valence-corrected chi connectivity index (χ0v) is 13.3. The molecule has 0 spiro atoms. The van der Waals surface area contributed by atoms with Gasteiger partial charge in [0, 0.05) is 16.8 Å². The van der Waals surface area contributed by atoms with Crippen LogP contribution in [0.15, 0.2) is 4.52 Å². The first-order chi connectivity index (χ1) is 9.43. The molecule has 1 saturated carbocycles. The maximum absolute atomic E-state index is 11.2. The Labute approximate surface area is 126 Å². The molecule has 3 rings (SSSR count). The van der Waals surface area contributed by atoms with Crippen LogP contribution in [0.5, 0.6) is 0 Å². The van der Waals surface area contributed by atoms with Crippen LogP contribution in [0, 0.1) is 11.3 Å². The van der Waals surface area contributed by atoms with Gasteiger partial charge in [-0.3, -0.25) is 4.79 Å². The van der Waals surface area contributed by atoms with E-state index in [4.69, 9.17) is 4.52 Å². The van der Waals surface area contributed by atoms with Crippen LogP contribution in [0.1, 0.15) is 43.7 Å². The van der Waals surface area contributed by atoms with E-state index >= 15 is 0 Å². The van der Waals surface area contributed by atoms with Crippen LogP contribution < -0.4 is 0 Å². The van der Waals surface area contributed by atoms with Gasteiger partial charge in [0.25, 0.3) is 0 Å². The zero-order chi connectivity index (χ0) is 14.5. The highest BCUT2D eigenvalue weighted by atomic mass is 32.2. The number of carbonyl (C=O) groups is 1. The molecule has 1 N–H and O–H groups in total. The highest BCUT2D eigenvalue weighted by Crippen LogP contribution is 2.64. The van der Waals surface area contributed by atoms with Crippen molar-refractivity contribution in [2.45, 2.75) is 37.2 Å². The molecule has 2 fully saturated rings. The second-order valence-corrected chi connectivity index (χ2v) is 8.71. The third-order valence-electron chi connectivity index (χ3n) is 4.26. The summed E-state index contributed by atoms with van der Waals surface area (Å²) in [6, 6.07) is 0. The van der Waals surface area contributed by atoms with Gasteiger partial charge >= 0.3 is 5.97 Å². The summed E-state index contributed by atoms with van der Waals surface area (Å²) < 4.78 is 5.36. The van der Waals surface area contributed by atoms with Crippen LogP contribution in [0.25, 0.3) is 0 Å². The number of nitrogens with zero attached hydrogens (tertiary/aromatic N) is 2. The molecule has 0 bridgehead atoms. The Morgan fingerprint density at radius 2 is 2.10 bits per heavy atom. The summed E-state index contributed by atoms with van der Waals surface area (Å²) in [5, 5.41) is 14.0. The van der Waals surface area contributed by atoms with Crippen LogP contribution in [-0.2, 0) is 4.79 Å². The predicted octanol–water partition coefficient (Wildman–Crippen LogP) is 2.80. The summed E-state index contributed by atoms with van der Waals surface area (Å²) in [6.45, 7) is 6.06. The molecule has 5 nitrogen and oxygen atoms in total. The van der Waals surface area contributed by atoms with Crippen LogP contribution in [0.3, 0.4) is 0 Å². The Kier molecular flexibility index (Phi) is 3.52. The van der Waals surface area contributed by atoms with Gasteiger partial charge in [-0.1, -0.05) is 25.9 Å². The van der Waals surface area contributed by atoms with Gasteiger partial charge < -0.3 is 9.63 Å². The van der Waals surface area contributed by atoms with Crippen LogP contribution in [0.4, 0.5) is 0 Å². The third-order valence-corrected chi connectivity index (χ3v) is 7.35. The molecule has 2 heterocycles. The highest BCUT2D eigenvalue weighted by Gasteiger charge is 2.65. The van der Waals surface area contributed by atoms with Crippen LogP contribution in [-0.4, -0.2) is 38.0 Å². The van der Waals surface area contributed by atoms with E-state index < -0.39 is 11.9 Å². The van der Waals surface area contributed by atoms with Crippen LogP contribution >= 0.6 is 23.5 Å². The van der Waals surface area contributed by atoms with E-state index in [2.05, 4.69) is 17.1 Å². The molecule has 2 aliphatic rings. The lowest BCUT2D eigenvalue weighted by atomic mass is 10.1. The van der Waals surface area contributed by atoms with Crippen molar-refractivity contribution in [3.05, 3.63) is 11.7 Å². The van der Waals surface area contributed by atoms with Crippen LogP contribution in [0.2, 0.25) is 0 Å². The first-order valence-corrected chi connectivity index (χ1v) is 8.82. The molecule has 1 aliphatic heterocycles. The van der Waals surface area contributed by atoms with Crippen molar-refractivity contribution in [3.8, 4) is 0 Å². The molecule has 1 saturated heterocycles. The number of carboxylic acid groups (broad SMARTS) is 1. The topological polar surface area (TPSA) is 76.2 Å². The molecule has 1 aromatic rings. The molecule has 4 unspecified atom stereocenters. The number of hydrogen-bond acceptors (Lipinski definition) is 6. The predicted molar refractivity (Wildman–Crippen MR) is 79.1 cm³/mol. The molecular weight excluding hydrogens is 296 g/mol. The Morgan fingerprint density at radius 3 is 2.70 bits per heavy atom. The fraction of sp³-hybridized carbons (Fsp3) is 0.769. The number of aliphatic carboxylic acids is 1. The Hall–Kier alpha value is -0.690. The maximum atomic E-state index is 11.2. The van der Waals surface area contributed by atoms with E-state index in [0.29, 0.717) is 11.1 Å². The summed E-state index contributed by atoms with van der Waals surface area (Å²) in [5.74, 6) is 2.10. The number of carboxylic acids is 1. The Morgan fingerprint density at radius 1 is 1.40 bits per heavy atom. The first kappa shape index (κ1) is 14.3. The summed E-state index contributed by atoms with van der Waals surface area (Å²) >= 11 is 3.78. The zero-order valence-electron chi connectivity index (χ0n) is 11.7. The lowest BCUT2D eigenvalue weighted by molar-refractivity contribution is -0.139. The van der Waals surface area contributed by atoms with Gasteiger partial charge in [-0.25, -0.2) is 0 Å². The summed E-state index contributed by atoms with van der Waals surface area (Å²) in [4.78, 5) is 15.7. The minimum absolute atomic E-state index is 0.155. The molecule has 0 amide bonds. The van der Waals surface area contributed by atoms with Crippen molar-refractivity contribution >= 4 is 29.5 Å². The van der Waals surface area contributed by atoms with E-state index in [9.17, 15) is 9.90 Å². The average molecular weight is 314 g/mol. The quantitative estimate of drug-likeness (QED) is 0.919. The lowest BCUT2D eigenvalue weighted by Gasteiger charge is -2.24. The normalized spacial score (nSPS) is 35.8. The lowest BCUT2D eigenvalue weighted by Crippen LogP contribution is -2.16. The van der Waals surface area contributed by atoms with Gasteiger partial charge in [0.15, 0.2) is 5.82 Å². The van der Waals surface area contributed by atoms with Gasteiger partial charge in [0.1, 0.15) is 0 Å². The molecule has 7 heteroatoms. The third kappa shape index (κ3) is 2.24. The fourth-order valence-electron chi connectivity index (χ4n) is 2.97. The minimum atomic E-state index is -0.782.